The fourth-order valence-corrected chi connectivity index (χ4v) is 3.55. The molecule has 0 atom stereocenters. The van der Waals surface area contributed by atoms with Crippen molar-refractivity contribution < 1.29 is 0 Å². The first kappa shape index (κ1) is 29.3. The Morgan fingerprint density at radius 2 is 0.935 bits per heavy atom. The highest BCUT2D eigenvalue weighted by atomic mass is 32.2. The fourth-order valence-electron chi connectivity index (χ4n) is 2.66. The van der Waals surface area contributed by atoms with Crippen LogP contribution in [0.4, 0.5) is 0 Å². The molecule has 0 aromatic rings. The molecule has 0 heterocycles. The van der Waals surface area contributed by atoms with Crippen molar-refractivity contribution in [1.82, 2.24) is 0 Å². The zero-order valence-corrected chi connectivity index (χ0v) is 22.2. The molecule has 0 nitrogen and oxygen atoms in total. The molecule has 0 radical (unpaired) electrons. The lowest BCUT2D eigenvalue weighted by Crippen LogP contribution is -1.80. The number of rotatable bonds is 14. The molecule has 0 saturated carbocycles. The second kappa shape index (κ2) is 19.0. The molecule has 0 aliphatic rings. The van der Waals surface area contributed by atoms with Crippen LogP contribution in [0.15, 0.2) is 94.2 Å². The molecule has 1 heteroatoms. The molecule has 0 fully saturated rings. The maximum absolute atomic E-state index is 2.31. The standard InChI is InChI=1S/C30H46S/c1-25(2)13-9-15-27(5)17-11-19-29(7)21-23-31-24-22-30(8)20-12-18-28(6)16-10-14-26(3)4/h11-14,17-22H,9-10,15-16,23-24H2,1-8H3. The van der Waals surface area contributed by atoms with Crippen LogP contribution < -0.4 is 0 Å². The molecule has 0 aromatic heterocycles. The molecule has 31 heavy (non-hydrogen) atoms. The van der Waals surface area contributed by atoms with Crippen molar-refractivity contribution in [2.24, 2.45) is 0 Å². The Bertz CT molecular complexity index is 673. The third-order valence-corrected chi connectivity index (χ3v) is 5.51. The van der Waals surface area contributed by atoms with E-state index in [2.05, 4.69) is 116 Å². The second-order valence-corrected chi connectivity index (χ2v) is 9.89. The maximum atomic E-state index is 2.31. The maximum Gasteiger partial charge on any atom is 0.0122 e. The van der Waals surface area contributed by atoms with Gasteiger partial charge < -0.3 is 0 Å². The van der Waals surface area contributed by atoms with Gasteiger partial charge in [-0.1, -0.05) is 94.2 Å². The smallest absolute Gasteiger partial charge is 0.0122 e. The van der Waals surface area contributed by atoms with Crippen LogP contribution >= 0.6 is 11.8 Å². The molecule has 0 N–H and O–H groups in total. The van der Waals surface area contributed by atoms with Crippen LogP contribution in [-0.4, -0.2) is 11.5 Å². The summed E-state index contributed by atoms with van der Waals surface area (Å²) in [6.45, 7) is 17.4. The van der Waals surface area contributed by atoms with Gasteiger partial charge in [0.2, 0.25) is 0 Å². The molecular weight excluding hydrogens is 392 g/mol. The molecule has 0 rings (SSSR count). The highest BCUT2D eigenvalue weighted by Gasteiger charge is 1.89. The van der Waals surface area contributed by atoms with Crippen molar-refractivity contribution in [2.45, 2.75) is 81.1 Å². The van der Waals surface area contributed by atoms with Crippen LogP contribution in [-0.2, 0) is 0 Å². The van der Waals surface area contributed by atoms with Gasteiger partial charge in [0.1, 0.15) is 0 Å². The zero-order chi connectivity index (χ0) is 23.5. The van der Waals surface area contributed by atoms with Gasteiger partial charge in [0.25, 0.3) is 0 Å². The van der Waals surface area contributed by atoms with Crippen LogP contribution in [0, 0.1) is 0 Å². The minimum Gasteiger partial charge on any atom is -0.154 e. The van der Waals surface area contributed by atoms with Crippen molar-refractivity contribution in [1.29, 1.82) is 0 Å². The predicted octanol–water partition coefficient (Wildman–Crippen LogP) is 10.1. The Kier molecular flexibility index (Phi) is 17.9. The van der Waals surface area contributed by atoms with Crippen molar-refractivity contribution in [2.75, 3.05) is 11.5 Å². The summed E-state index contributed by atoms with van der Waals surface area (Å²) in [5.41, 5.74) is 8.33. The molecule has 0 aliphatic carbocycles. The lowest BCUT2D eigenvalue weighted by Gasteiger charge is -1.98. The summed E-state index contributed by atoms with van der Waals surface area (Å²) in [6.07, 6.45) is 27.0. The van der Waals surface area contributed by atoms with E-state index in [9.17, 15) is 0 Å². The Morgan fingerprint density at radius 1 is 0.548 bits per heavy atom. The Balaban J connectivity index is 4.23. The van der Waals surface area contributed by atoms with Crippen molar-refractivity contribution in [3.8, 4) is 0 Å². The van der Waals surface area contributed by atoms with Gasteiger partial charge >= 0.3 is 0 Å². The molecule has 0 aromatic carbocycles. The Hall–Kier alpha value is -1.73. The molecule has 0 bridgehead atoms. The Labute approximate surface area is 198 Å². The lowest BCUT2D eigenvalue weighted by molar-refractivity contribution is 0.967. The number of allylic oxidation sites excluding steroid dienone is 14. The zero-order valence-electron chi connectivity index (χ0n) is 21.4. The summed E-state index contributed by atoms with van der Waals surface area (Å²) in [4.78, 5) is 0. The van der Waals surface area contributed by atoms with Gasteiger partial charge in [0.05, 0.1) is 0 Å². The van der Waals surface area contributed by atoms with Gasteiger partial charge in [-0.15, -0.1) is 0 Å². The largest absolute Gasteiger partial charge is 0.154 e. The molecule has 0 amide bonds. The van der Waals surface area contributed by atoms with E-state index < -0.39 is 0 Å². The number of thioether (sulfide) groups is 1. The van der Waals surface area contributed by atoms with Crippen LogP contribution in [0.25, 0.3) is 0 Å². The highest BCUT2D eigenvalue weighted by Crippen LogP contribution is 2.10. The quantitative estimate of drug-likeness (QED) is 0.148. The number of hydrogen-bond donors (Lipinski definition) is 0. The van der Waals surface area contributed by atoms with E-state index in [1.54, 1.807) is 0 Å². The first-order chi connectivity index (χ1) is 14.7. The number of hydrogen-bond acceptors (Lipinski definition) is 1. The molecule has 0 unspecified atom stereocenters. The van der Waals surface area contributed by atoms with E-state index in [1.165, 1.54) is 33.4 Å². The summed E-state index contributed by atoms with van der Waals surface area (Å²) in [6, 6.07) is 0. The van der Waals surface area contributed by atoms with Gasteiger partial charge in [-0.2, -0.15) is 11.8 Å². The van der Waals surface area contributed by atoms with Crippen molar-refractivity contribution in [3.63, 3.8) is 0 Å². The van der Waals surface area contributed by atoms with Gasteiger partial charge in [-0.3, -0.25) is 0 Å². The van der Waals surface area contributed by atoms with Gasteiger partial charge in [0.15, 0.2) is 0 Å². The van der Waals surface area contributed by atoms with Crippen molar-refractivity contribution >= 4 is 11.8 Å². The molecular formula is C30H46S. The van der Waals surface area contributed by atoms with Crippen molar-refractivity contribution in [3.05, 3.63) is 94.2 Å². The first-order valence-electron chi connectivity index (χ1n) is 11.6. The monoisotopic (exact) mass is 438 g/mol. The summed E-state index contributed by atoms with van der Waals surface area (Å²) >= 11 is 1.95. The third kappa shape index (κ3) is 21.3. The van der Waals surface area contributed by atoms with Crippen LogP contribution in [0.3, 0.4) is 0 Å². The topological polar surface area (TPSA) is 0 Å². The third-order valence-electron chi connectivity index (χ3n) is 4.71. The van der Waals surface area contributed by atoms with Crippen LogP contribution in [0.2, 0.25) is 0 Å². The summed E-state index contributed by atoms with van der Waals surface area (Å²) in [5.74, 6) is 2.10. The summed E-state index contributed by atoms with van der Waals surface area (Å²) in [5, 5.41) is 0. The predicted molar refractivity (Wildman–Crippen MR) is 148 cm³/mol. The first-order valence-corrected chi connectivity index (χ1v) is 12.7. The lowest BCUT2D eigenvalue weighted by atomic mass is 10.1. The Morgan fingerprint density at radius 3 is 1.29 bits per heavy atom. The summed E-state index contributed by atoms with van der Waals surface area (Å²) in [7, 11) is 0. The van der Waals surface area contributed by atoms with E-state index in [0.29, 0.717) is 0 Å². The average molecular weight is 439 g/mol. The van der Waals surface area contributed by atoms with Gasteiger partial charge in [0, 0.05) is 11.5 Å². The van der Waals surface area contributed by atoms with Crippen LogP contribution in [0.1, 0.15) is 81.1 Å². The SMILES string of the molecule is CC(C)=CCCC(C)=CC=CC(C)=CCSCC=C(C)C=CC=C(C)CCC=C(C)C. The average Bonchev–Trinajstić information content (AvgIpc) is 2.67. The molecule has 172 valence electrons. The fraction of sp³-hybridized carbons (Fsp3) is 0.467. The minimum absolute atomic E-state index is 1.05. The normalized spacial score (nSPS) is 13.9. The summed E-state index contributed by atoms with van der Waals surface area (Å²) < 4.78 is 0. The second-order valence-electron chi connectivity index (χ2n) is 8.82. The van der Waals surface area contributed by atoms with E-state index >= 15 is 0 Å². The molecule has 0 aliphatic heterocycles. The molecule has 0 spiro atoms. The van der Waals surface area contributed by atoms with E-state index in [4.69, 9.17) is 0 Å². The highest BCUT2D eigenvalue weighted by molar-refractivity contribution is 7.99. The van der Waals surface area contributed by atoms with E-state index in [-0.39, 0.29) is 0 Å². The van der Waals surface area contributed by atoms with E-state index in [0.717, 1.165) is 37.2 Å². The van der Waals surface area contributed by atoms with Gasteiger partial charge in [-0.05, 0) is 81.1 Å². The molecule has 0 saturated heterocycles. The van der Waals surface area contributed by atoms with Crippen LogP contribution in [0.5, 0.6) is 0 Å². The minimum atomic E-state index is 1.05. The van der Waals surface area contributed by atoms with E-state index in [1.807, 2.05) is 11.8 Å². The van der Waals surface area contributed by atoms with Gasteiger partial charge in [-0.25, -0.2) is 0 Å².